The average Bonchev–Trinajstić information content (AvgIpc) is 2.77. The third kappa shape index (κ3) is 3.89. The van der Waals surface area contributed by atoms with E-state index in [1.165, 1.54) is 0 Å². The molecule has 4 heteroatoms. The van der Waals surface area contributed by atoms with Crippen molar-refractivity contribution in [1.29, 1.82) is 0 Å². The molecule has 1 heterocycles. The Morgan fingerprint density at radius 1 is 0.903 bits per heavy atom. The third-order valence-electron chi connectivity index (χ3n) is 5.38. The number of hydrogen-bond donors (Lipinski definition) is 2. The van der Waals surface area contributed by atoms with Crippen LogP contribution in [0.4, 0.5) is 0 Å². The fourth-order valence-corrected chi connectivity index (χ4v) is 6.20. The Kier molecular flexibility index (Phi) is 5.97. The summed E-state index contributed by atoms with van der Waals surface area (Å²) in [4.78, 5) is 0. The number of phenols is 1. The molecule has 0 bridgehead atoms. The number of aliphatic hydroxyl groups excluding tert-OH is 1. The van der Waals surface area contributed by atoms with Gasteiger partial charge >= 0.3 is 0 Å². The molecule has 0 amide bonds. The smallest absolute Gasteiger partial charge is 0.151 e. The van der Waals surface area contributed by atoms with Gasteiger partial charge in [0, 0.05) is 33.7 Å². The molecule has 0 aromatic heterocycles. The SMILES string of the molecule is C=CCc1cc(P2Oc3ccccc3-c3ccccc32)c(CC=C)c(O)c1CC(=C)O. The molecule has 31 heavy (non-hydrogen) atoms. The lowest BCUT2D eigenvalue weighted by Gasteiger charge is -2.30. The van der Waals surface area contributed by atoms with Crippen LogP contribution in [0.2, 0.25) is 0 Å². The number of benzene rings is 3. The molecule has 0 radical (unpaired) electrons. The number of rotatable bonds is 7. The number of para-hydroxylation sites is 1. The zero-order valence-corrected chi connectivity index (χ0v) is 18.2. The molecule has 0 aliphatic carbocycles. The van der Waals surface area contributed by atoms with Gasteiger partial charge in [0.1, 0.15) is 11.5 Å². The Labute approximate surface area is 184 Å². The maximum atomic E-state index is 11.3. The lowest BCUT2D eigenvalue weighted by atomic mass is 9.95. The second-order valence-corrected chi connectivity index (χ2v) is 9.22. The van der Waals surface area contributed by atoms with Gasteiger partial charge in [-0.25, -0.2) is 0 Å². The summed E-state index contributed by atoms with van der Waals surface area (Å²) >= 11 is 0. The Balaban J connectivity index is 1.96. The van der Waals surface area contributed by atoms with E-state index in [-0.39, 0.29) is 17.9 Å². The summed E-state index contributed by atoms with van der Waals surface area (Å²) in [5, 5.41) is 23.2. The van der Waals surface area contributed by atoms with Gasteiger partial charge in [-0.3, -0.25) is 0 Å². The molecule has 1 aliphatic rings. The minimum absolute atomic E-state index is 0.0109. The predicted molar refractivity (Wildman–Crippen MR) is 130 cm³/mol. The second kappa shape index (κ2) is 8.83. The van der Waals surface area contributed by atoms with Gasteiger partial charge < -0.3 is 14.7 Å². The zero-order valence-electron chi connectivity index (χ0n) is 17.3. The Morgan fingerprint density at radius 3 is 2.29 bits per heavy atom. The summed E-state index contributed by atoms with van der Waals surface area (Å²) in [5.41, 5.74) is 4.59. The van der Waals surface area contributed by atoms with Crippen LogP contribution in [0.5, 0.6) is 11.5 Å². The van der Waals surface area contributed by atoms with Gasteiger partial charge in [-0.2, -0.15) is 0 Å². The average molecular weight is 428 g/mol. The molecule has 3 aromatic carbocycles. The summed E-state index contributed by atoms with van der Waals surface area (Å²) in [6.45, 7) is 11.4. The largest absolute Gasteiger partial charge is 0.513 e. The van der Waals surface area contributed by atoms with Crippen LogP contribution in [0.15, 0.2) is 92.2 Å². The number of phenolic OH excluding ortho intramolecular Hbond substituents is 1. The lowest BCUT2D eigenvalue weighted by molar-refractivity contribution is 0.395. The van der Waals surface area contributed by atoms with Gasteiger partial charge in [-0.1, -0.05) is 61.2 Å². The molecule has 4 rings (SSSR count). The van der Waals surface area contributed by atoms with Crippen LogP contribution in [-0.2, 0) is 19.3 Å². The lowest BCUT2D eigenvalue weighted by Crippen LogP contribution is -2.25. The van der Waals surface area contributed by atoms with E-state index >= 15 is 0 Å². The van der Waals surface area contributed by atoms with E-state index in [0.29, 0.717) is 18.4 Å². The monoisotopic (exact) mass is 428 g/mol. The van der Waals surface area contributed by atoms with Crippen LogP contribution in [0.1, 0.15) is 16.7 Å². The van der Waals surface area contributed by atoms with Gasteiger partial charge in [0.15, 0.2) is 8.15 Å². The number of hydrogen-bond acceptors (Lipinski definition) is 3. The molecule has 3 aromatic rings. The van der Waals surface area contributed by atoms with Gasteiger partial charge in [-0.05, 0) is 36.1 Å². The van der Waals surface area contributed by atoms with Gasteiger partial charge in [0.2, 0.25) is 0 Å². The van der Waals surface area contributed by atoms with Crippen molar-refractivity contribution in [3.63, 3.8) is 0 Å². The van der Waals surface area contributed by atoms with Crippen molar-refractivity contribution in [2.75, 3.05) is 0 Å². The van der Waals surface area contributed by atoms with Crippen molar-refractivity contribution in [2.24, 2.45) is 0 Å². The molecule has 1 aliphatic heterocycles. The van der Waals surface area contributed by atoms with E-state index in [2.05, 4.69) is 44.0 Å². The van der Waals surface area contributed by atoms with Crippen LogP contribution < -0.4 is 15.1 Å². The molecule has 1 unspecified atom stereocenters. The summed E-state index contributed by atoms with van der Waals surface area (Å²) in [7, 11) is -1.20. The van der Waals surface area contributed by atoms with Crippen LogP contribution in [0, 0.1) is 0 Å². The minimum Gasteiger partial charge on any atom is -0.513 e. The van der Waals surface area contributed by atoms with Crippen LogP contribution in [0.3, 0.4) is 0 Å². The summed E-state index contributed by atoms with van der Waals surface area (Å²) in [6.07, 6.45) is 4.83. The Hall–Kier alpha value is -3.29. The van der Waals surface area contributed by atoms with E-state index in [1.54, 1.807) is 12.2 Å². The van der Waals surface area contributed by atoms with Crippen LogP contribution in [-0.4, -0.2) is 10.2 Å². The highest BCUT2D eigenvalue weighted by Gasteiger charge is 2.31. The first kappa shape index (κ1) is 21.0. The number of aliphatic hydroxyl groups is 1. The van der Waals surface area contributed by atoms with E-state index in [4.69, 9.17) is 4.52 Å². The maximum Gasteiger partial charge on any atom is 0.151 e. The molecular weight excluding hydrogens is 403 g/mol. The fraction of sp³-hybridized carbons (Fsp3) is 0.111. The normalized spacial score (nSPS) is 14.1. The van der Waals surface area contributed by atoms with Crippen molar-refractivity contribution < 1.29 is 14.7 Å². The van der Waals surface area contributed by atoms with E-state index < -0.39 is 8.15 Å². The van der Waals surface area contributed by atoms with Gasteiger partial charge in [0.05, 0.1) is 5.76 Å². The van der Waals surface area contributed by atoms with Gasteiger partial charge in [0.25, 0.3) is 0 Å². The first-order valence-corrected chi connectivity index (χ1v) is 11.4. The highest BCUT2D eigenvalue weighted by atomic mass is 31.1. The highest BCUT2D eigenvalue weighted by Crippen LogP contribution is 2.49. The van der Waals surface area contributed by atoms with Crippen molar-refractivity contribution in [1.82, 2.24) is 0 Å². The van der Waals surface area contributed by atoms with E-state index in [9.17, 15) is 10.2 Å². The molecule has 0 spiro atoms. The third-order valence-corrected chi connectivity index (χ3v) is 7.42. The first-order chi connectivity index (χ1) is 15.0. The summed E-state index contributed by atoms with van der Waals surface area (Å²) in [5.74, 6) is 1.03. The first-order valence-electron chi connectivity index (χ1n) is 10.2. The number of allylic oxidation sites excluding steroid dienone is 3. The Bertz CT molecular complexity index is 1180. The summed E-state index contributed by atoms with van der Waals surface area (Å²) < 4.78 is 6.57. The minimum atomic E-state index is -1.20. The zero-order chi connectivity index (χ0) is 22.0. The summed E-state index contributed by atoms with van der Waals surface area (Å²) in [6, 6.07) is 18.4. The topological polar surface area (TPSA) is 49.7 Å². The molecule has 2 N–H and O–H groups in total. The molecule has 1 atom stereocenters. The fourth-order valence-electron chi connectivity index (χ4n) is 4.03. The van der Waals surface area contributed by atoms with E-state index in [1.807, 2.05) is 30.3 Å². The number of aromatic hydroxyl groups is 1. The van der Waals surface area contributed by atoms with Crippen molar-refractivity contribution in [3.05, 3.63) is 109 Å². The highest BCUT2D eigenvalue weighted by molar-refractivity contribution is 7.69. The van der Waals surface area contributed by atoms with Crippen molar-refractivity contribution in [2.45, 2.75) is 19.3 Å². The standard InChI is InChI=1S/C27H25O3P/c1-4-10-19-17-26(22(11-5-2)27(29)23(19)16-18(3)28)31-25-15-9-7-13-21(25)20-12-6-8-14-24(20)30-31/h4-9,12-15,17,28-29H,1-3,10-11,16H2. The second-order valence-electron chi connectivity index (χ2n) is 7.49. The van der Waals surface area contributed by atoms with E-state index in [0.717, 1.165) is 38.6 Å². The molecule has 0 saturated heterocycles. The molecular formula is C27H25O3P. The van der Waals surface area contributed by atoms with Crippen LogP contribution >= 0.6 is 8.15 Å². The molecule has 3 nitrogen and oxygen atoms in total. The van der Waals surface area contributed by atoms with Crippen molar-refractivity contribution >= 4 is 18.8 Å². The Morgan fingerprint density at radius 2 is 1.58 bits per heavy atom. The molecule has 0 fully saturated rings. The van der Waals surface area contributed by atoms with Crippen molar-refractivity contribution in [3.8, 4) is 22.6 Å². The van der Waals surface area contributed by atoms with Gasteiger partial charge in [-0.15, -0.1) is 13.2 Å². The quantitative estimate of drug-likeness (QED) is 0.281. The number of fused-ring (bicyclic) bond motifs is 3. The van der Waals surface area contributed by atoms with Crippen LogP contribution in [0.25, 0.3) is 11.1 Å². The maximum absolute atomic E-state index is 11.3. The molecule has 0 saturated carbocycles. The predicted octanol–water partition coefficient (Wildman–Crippen LogP) is 5.87. The molecule has 156 valence electrons.